The van der Waals surface area contributed by atoms with E-state index in [4.69, 9.17) is 31.4 Å². The number of nitrogens with zero attached hydrogens (tertiary/aromatic N) is 3. The van der Waals surface area contributed by atoms with Crippen LogP contribution in [0.25, 0.3) is 0 Å². The zero-order chi connectivity index (χ0) is 20.6. The fraction of sp³-hybridized carbons (Fsp3) is 0.353. The number of ketones is 1. The number of aliphatic hydroxyl groups is 1. The summed E-state index contributed by atoms with van der Waals surface area (Å²) in [6, 6.07) is 6.65. The van der Waals surface area contributed by atoms with Crippen molar-refractivity contribution in [1.82, 2.24) is 14.8 Å². The molecule has 0 saturated carbocycles. The highest BCUT2D eigenvalue weighted by molar-refractivity contribution is 6.30. The van der Waals surface area contributed by atoms with Crippen molar-refractivity contribution in [3.05, 3.63) is 47.5 Å². The van der Waals surface area contributed by atoms with Crippen LogP contribution in [0.15, 0.2) is 36.9 Å². The van der Waals surface area contributed by atoms with E-state index < -0.39 is 17.5 Å². The van der Waals surface area contributed by atoms with Gasteiger partial charge in [-0.1, -0.05) is 37.6 Å². The van der Waals surface area contributed by atoms with E-state index in [-0.39, 0.29) is 24.7 Å². The maximum Gasteiger partial charge on any atom is 0.171 e. The molecular formula is C17H18ClN3O6-2. The fourth-order valence-corrected chi connectivity index (χ4v) is 2.28. The number of aromatic nitrogens is 3. The van der Waals surface area contributed by atoms with Gasteiger partial charge in [0.2, 0.25) is 0 Å². The smallest absolute Gasteiger partial charge is 0.171 e. The molecule has 2 aromatic rings. The van der Waals surface area contributed by atoms with E-state index in [1.807, 2.05) is 13.8 Å². The third-order valence-electron chi connectivity index (χ3n) is 3.40. The molecule has 27 heavy (non-hydrogen) atoms. The number of rotatable bonds is 6. The van der Waals surface area contributed by atoms with E-state index in [2.05, 4.69) is 10.1 Å². The van der Waals surface area contributed by atoms with Crippen molar-refractivity contribution >= 4 is 29.3 Å². The average molecular weight is 396 g/mol. The number of carbonyl (C=O) groups excluding carboxylic acids is 3. The average Bonchev–Trinajstić information content (AvgIpc) is 3.08. The molecule has 146 valence electrons. The number of benzene rings is 1. The first kappa shape index (κ1) is 22.3. The monoisotopic (exact) mass is 395 g/mol. The molecule has 9 nitrogen and oxygen atoms in total. The maximum absolute atomic E-state index is 12.5. The largest absolute Gasteiger partial charge is 0.543 e. The quantitative estimate of drug-likeness (QED) is 0.607. The van der Waals surface area contributed by atoms with Crippen molar-refractivity contribution in [2.45, 2.75) is 32.4 Å². The molecule has 1 heterocycles. The van der Waals surface area contributed by atoms with Crippen molar-refractivity contribution in [1.29, 1.82) is 0 Å². The van der Waals surface area contributed by atoms with E-state index in [1.165, 1.54) is 17.3 Å². The molecule has 0 spiro atoms. The van der Waals surface area contributed by atoms with E-state index in [0.29, 0.717) is 10.6 Å². The highest BCUT2D eigenvalue weighted by Gasteiger charge is 2.38. The molecular weight excluding hydrogens is 378 g/mol. The van der Waals surface area contributed by atoms with Crippen LogP contribution in [0.3, 0.4) is 0 Å². The van der Waals surface area contributed by atoms with Gasteiger partial charge >= 0.3 is 0 Å². The third kappa shape index (κ3) is 6.80. The molecule has 0 fully saturated rings. The molecule has 10 heteroatoms. The Morgan fingerprint density at radius 2 is 1.74 bits per heavy atom. The summed E-state index contributed by atoms with van der Waals surface area (Å²) in [6.07, 6.45) is 3.13. The summed E-state index contributed by atoms with van der Waals surface area (Å²) in [4.78, 5) is 34.2. The predicted octanol–water partition coefficient (Wildman–Crippen LogP) is -1.08. The Kier molecular flexibility index (Phi) is 8.07. The summed E-state index contributed by atoms with van der Waals surface area (Å²) >= 11 is 5.87. The number of carboxylic acids is 2. The summed E-state index contributed by atoms with van der Waals surface area (Å²) in [7, 11) is 0. The Hall–Kier alpha value is -2.78. The normalized spacial score (nSPS) is 12.6. The summed E-state index contributed by atoms with van der Waals surface area (Å²) in [6.45, 7) is 3.91. The number of hydrogen-bond acceptors (Lipinski definition) is 8. The van der Waals surface area contributed by atoms with Gasteiger partial charge in [-0.2, -0.15) is 5.10 Å². The lowest BCUT2D eigenvalue weighted by molar-refractivity contribution is -0.345. The Labute approximate surface area is 160 Å². The minimum atomic E-state index is -2.19. The van der Waals surface area contributed by atoms with E-state index in [0.717, 1.165) is 0 Å². The number of carboxylic acid groups (broad SMARTS) is 2. The molecule has 0 aliphatic heterocycles. The van der Waals surface area contributed by atoms with Crippen LogP contribution in [-0.2, 0) is 26.5 Å². The second kappa shape index (κ2) is 9.79. The lowest BCUT2D eigenvalue weighted by Gasteiger charge is -2.28. The van der Waals surface area contributed by atoms with Crippen molar-refractivity contribution in [3.8, 4) is 0 Å². The Morgan fingerprint density at radius 3 is 2.15 bits per heavy atom. The molecule has 1 atom stereocenters. The highest BCUT2D eigenvalue weighted by Crippen LogP contribution is 2.28. The number of carbonyl (C=O) groups is 3. The van der Waals surface area contributed by atoms with Gasteiger partial charge in [-0.05, 0) is 23.6 Å². The molecule has 0 aliphatic carbocycles. The first-order valence-electron chi connectivity index (χ1n) is 7.82. The number of aliphatic carboxylic acids is 2. The molecule has 1 N–H and O–H groups in total. The van der Waals surface area contributed by atoms with E-state index in [9.17, 15) is 9.90 Å². The first-order chi connectivity index (χ1) is 12.6. The topological polar surface area (TPSA) is 148 Å². The van der Waals surface area contributed by atoms with Crippen LogP contribution in [0, 0.1) is 5.92 Å². The molecule has 1 aromatic heterocycles. The number of Topliss-reactive ketones (excluding diaryl/α,β-unsaturated/α-hetero) is 1. The second-order valence-corrected chi connectivity index (χ2v) is 6.49. The Morgan fingerprint density at radius 1 is 1.19 bits per heavy atom. The summed E-state index contributed by atoms with van der Waals surface area (Å²) in [5.41, 5.74) is -1.13. The van der Waals surface area contributed by atoms with Crippen molar-refractivity contribution < 1.29 is 29.7 Å². The van der Waals surface area contributed by atoms with E-state index in [1.54, 1.807) is 24.3 Å². The van der Waals surface area contributed by atoms with Crippen molar-refractivity contribution in [3.63, 3.8) is 0 Å². The highest BCUT2D eigenvalue weighted by atomic mass is 35.5. The Balaban J connectivity index is 0.000000527. The lowest BCUT2D eigenvalue weighted by atomic mass is 9.85. The zero-order valence-electron chi connectivity index (χ0n) is 14.7. The molecule has 0 aliphatic rings. The predicted molar refractivity (Wildman–Crippen MR) is 89.8 cm³/mol. The third-order valence-corrected chi connectivity index (χ3v) is 3.65. The molecule has 2 rings (SSSR count). The van der Waals surface area contributed by atoms with Gasteiger partial charge in [0.05, 0.1) is 18.5 Å². The lowest BCUT2D eigenvalue weighted by Crippen LogP contribution is -2.42. The van der Waals surface area contributed by atoms with Gasteiger partial charge in [0.1, 0.15) is 12.7 Å². The van der Waals surface area contributed by atoms with Crippen LogP contribution in [-0.4, -0.2) is 37.6 Å². The van der Waals surface area contributed by atoms with Crippen LogP contribution in [0.4, 0.5) is 0 Å². The SMILES string of the molecule is CC(C)CC(=O)C(O)(Cn1cncn1)c1ccc(Cl)cc1.O=C([O-])C(=O)[O-]. The van der Waals surface area contributed by atoms with Gasteiger partial charge in [-0.3, -0.25) is 4.79 Å². The summed E-state index contributed by atoms with van der Waals surface area (Å²) in [5, 5.41) is 33.4. The van der Waals surface area contributed by atoms with E-state index >= 15 is 0 Å². The molecule has 1 aromatic carbocycles. The molecule has 0 bridgehead atoms. The molecule has 1 unspecified atom stereocenters. The summed E-state index contributed by atoms with van der Waals surface area (Å²) in [5.74, 6) is -4.45. The molecule has 0 amide bonds. The van der Waals surface area contributed by atoms with Gasteiger partial charge in [0.15, 0.2) is 11.4 Å². The fourth-order valence-electron chi connectivity index (χ4n) is 2.15. The van der Waals surface area contributed by atoms with Crippen LogP contribution < -0.4 is 10.2 Å². The second-order valence-electron chi connectivity index (χ2n) is 6.06. The maximum atomic E-state index is 12.5. The van der Waals surface area contributed by atoms with Crippen molar-refractivity contribution in [2.24, 2.45) is 5.92 Å². The standard InChI is InChI=1S/C15H18ClN3O2.C2H2O4/c1-11(2)7-14(20)15(21,8-19-10-17-9-18-19)12-3-5-13(16)6-4-12;3-1(4)2(5)6/h3-6,9-11,21H,7-8H2,1-2H3;(H,3,4)(H,5,6)/p-2. The molecule has 0 saturated heterocycles. The molecule has 0 radical (unpaired) electrons. The minimum absolute atomic E-state index is 0.0280. The minimum Gasteiger partial charge on any atom is -0.543 e. The number of hydrogen-bond donors (Lipinski definition) is 1. The van der Waals surface area contributed by atoms with Crippen LogP contribution in [0.2, 0.25) is 5.02 Å². The van der Waals surface area contributed by atoms with Gasteiger partial charge in [0, 0.05) is 11.4 Å². The van der Waals surface area contributed by atoms with Gasteiger partial charge in [-0.25, -0.2) is 9.67 Å². The van der Waals surface area contributed by atoms with Gasteiger partial charge in [0.25, 0.3) is 0 Å². The Bertz CT molecular complexity index is 764. The van der Waals surface area contributed by atoms with Crippen LogP contribution in [0.5, 0.6) is 0 Å². The zero-order valence-corrected chi connectivity index (χ0v) is 15.4. The summed E-state index contributed by atoms with van der Waals surface area (Å²) < 4.78 is 1.45. The van der Waals surface area contributed by atoms with Crippen LogP contribution in [0.1, 0.15) is 25.8 Å². The van der Waals surface area contributed by atoms with Crippen LogP contribution >= 0.6 is 11.6 Å². The van der Waals surface area contributed by atoms with Gasteiger partial charge < -0.3 is 24.9 Å². The van der Waals surface area contributed by atoms with Crippen molar-refractivity contribution in [2.75, 3.05) is 0 Å². The first-order valence-corrected chi connectivity index (χ1v) is 8.20. The van der Waals surface area contributed by atoms with Gasteiger partial charge in [-0.15, -0.1) is 0 Å². The number of halogens is 1.